The fourth-order valence-electron chi connectivity index (χ4n) is 12.3. The number of phosphoric ester groups is 2. The van der Waals surface area contributed by atoms with Gasteiger partial charge in [0.25, 0.3) is 0 Å². The minimum atomic E-state index is -4.97. The summed E-state index contributed by atoms with van der Waals surface area (Å²) < 4.78 is 68.7. The van der Waals surface area contributed by atoms with E-state index in [9.17, 15) is 43.2 Å². The van der Waals surface area contributed by atoms with E-state index in [1.807, 2.05) is 0 Å². The number of phosphoric acid groups is 2. The van der Waals surface area contributed by atoms with Gasteiger partial charge < -0.3 is 33.8 Å². The quantitative estimate of drug-likeness (QED) is 0.0169. The van der Waals surface area contributed by atoms with E-state index in [1.54, 1.807) is 0 Å². The smallest absolute Gasteiger partial charge is 0.462 e. The molecule has 0 aliphatic rings. The van der Waals surface area contributed by atoms with E-state index in [0.29, 0.717) is 25.7 Å². The second kappa shape index (κ2) is 74.0. The Kier molecular flexibility index (Phi) is 72.2. The van der Waals surface area contributed by atoms with Gasteiger partial charge in [0, 0.05) is 25.7 Å². The number of allylic oxidation sites excluding steroid dienone is 4. The molecule has 3 unspecified atom stereocenters. The van der Waals surface area contributed by atoms with E-state index in [0.717, 1.165) is 121 Å². The predicted octanol–water partition coefficient (Wildman–Crippen LogP) is 24.6. The Balaban J connectivity index is 5.26. The lowest BCUT2D eigenvalue weighted by Gasteiger charge is -2.21. The highest BCUT2D eigenvalue weighted by Crippen LogP contribution is 2.45. The fourth-order valence-corrected chi connectivity index (χ4v) is 13.9. The van der Waals surface area contributed by atoms with Gasteiger partial charge in [-0.25, -0.2) is 9.13 Å². The number of hydrogen-bond donors (Lipinski definition) is 3. The first-order valence-electron chi connectivity index (χ1n) is 42.3. The number of carbonyl (C=O) groups is 4. The Bertz CT molecular complexity index is 2060. The number of esters is 4. The molecule has 3 N–H and O–H groups in total. The standard InChI is InChI=1S/C83H158O17P2/c1-7-10-12-14-16-18-20-22-24-31-34-38-42-46-53-59-65-80(85)93-71-78(99-82(87)67-62-56-48-44-40-36-32-28-26-25-27-30-33-37-41-45-51-57-63-75(4)5)73-97-101(89,90)95-69-77(84)70-96-102(91,92)98-74-79(72-94-81(86)66-60-54-50-49-52-58-64-76(6)9-3)100-83(88)68-61-55-47-43-39-35-29-23-21-19-17-15-13-11-8-2/h19,21,23,29,75-79,84H,7-18,20,22,24-28,30-74H2,1-6H3,(H,89,90)(H,91,92)/b21-19-,29-23-/t76?,77-,78-,79-/m1/s1. The van der Waals surface area contributed by atoms with E-state index in [4.69, 9.17) is 37.0 Å². The van der Waals surface area contributed by atoms with E-state index >= 15 is 0 Å². The van der Waals surface area contributed by atoms with Crippen LogP contribution in [0.15, 0.2) is 24.3 Å². The molecule has 0 rings (SSSR count). The van der Waals surface area contributed by atoms with Gasteiger partial charge in [0.1, 0.15) is 19.3 Å². The predicted molar refractivity (Wildman–Crippen MR) is 418 cm³/mol. The molecule has 0 saturated heterocycles. The SMILES string of the molecule is CCCCCC/C=C\C=C/CCCCCCCC(=O)O[C@H](COC(=O)CCCCCCCCC(C)CC)COP(=O)(O)OC[C@H](O)COP(=O)(O)OC[C@@H](COC(=O)CCCCCCCCCCCCCCCCCC)OC(=O)CCCCCCCCCCCCCCCCCCCCC(C)C. The molecule has 0 fully saturated rings. The van der Waals surface area contributed by atoms with Crippen LogP contribution in [0.2, 0.25) is 0 Å². The van der Waals surface area contributed by atoms with Crippen LogP contribution in [0, 0.1) is 11.8 Å². The first-order chi connectivity index (χ1) is 49.4. The third-order valence-electron chi connectivity index (χ3n) is 19.2. The molecular weight excluding hydrogens is 1330 g/mol. The van der Waals surface area contributed by atoms with Crippen molar-refractivity contribution in [3.8, 4) is 0 Å². The molecule has 6 atom stereocenters. The number of aliphatic hydroxyl groups is 1. The first-order valence-corrected chi connectivity index (χ1v) is 45.3. The maximum atomic E-state index is 13.1. The Hall–Kier alpha value is -2.46. The van der Waals surface area contributed by atoms with Crippen molar-refractivity contribution in [2.45, 2.75) is 432 Å². The van der Waals surface area contributed by atoms with Gasteiger partial charge in [0.05, 0.1) is 26.4 Å². The van der Waals surface area contributed by atoms with Crippen molar-refractivity contribution >= 4 is 39.5 Å². The third kappa shape index (κ3) is 74.4. The largest absolute Gasteiger partial charge is 0.472 e. The molecule has 0 aromatic carbocycles. The summed E-state index contributed by atoms with van der Waals surface area (Å²) in [4.78, 5) is 73.1. The van der Waals surface area contributed by atoms with Crippen LogP contribution in [0.3, 0.4) is 0 Å². The zero-order chi connectivity index (χ0) is 74.9. The van der Waals surface area contributed by atoms with E-state index in [2.05, 4.69) is 65.8 Å². The number of ether oxygens (including phenoxy) is 4. The minimum Gasteiger partial charge on any atom is -0.462 e. The summed E-state index contributed by atoms with van der Waals surface area (Å²) in [5.74, 6) is -0.591. The molecule has 0 aliphatic carbocycles. The van der Waals surface area contributed by atoms with Gasteiger partial charge in [-0.05, 0) is 63.2 Å². The molecule has 602 valence electrons. The van der Waals surface area contributed by atoms with Crippen molar-refractivity contribution in [1.29, 1.82) is 0 Å². The van der Waals surface area contributed by atoms with Gasteiger partial charge in [-0.3, -0.25) is 37.3 Å². The minimum absolute atomic E-state index is 0.0844. The van der Waals surface area contributed by atoms with E-state index in [-0.39, 0.29) is 25.7 Å². The second-order valence-corrected chi connectivity index (χ2v) is 32.8. The maximum absolute atomic E-state index is 13.1. The van der Waals surface area contributed by atoms with Crippen LogP contribution in [0.25, 0.3) is 0 Å². The van der Waals surface area contributed by atoms with Crippen molar-refractivity contribution in [1.82, 2.24) is 0 Å². The highest BCUT2D eigenvalue weighted by Gasteiger charge is 2.30. The lowest BCUT2D eigenvalue weighted by molar-refractivity contribution is -0.161. The summed E-state index contributed by atoms with van der Waals surface area (Å²) in [6.07, 6.45) is 67.5. The summed E-state index contributed by atoms with van der Waals surface area (Å²) in [7, 11) is -9.94. The van der Waals surface area contributed by atoms with Gasteiger partial charge in [0.2, 0.25) is 0 Å². The van der Waals surface area contributed by atoms with Gasteiger partial charge >= 0.3 is 39.5 Å². The molecule has 19 heteroatoms. The summed E-state index contributed by atoms with van der Waals surface area (Å²) >= 11 is 0. The summed E-state index contributed by atoms with van der Waals surface area (Å²) in [6, 6.07) is 0. The highest BCUT2D eigenvalue weighted by molar-refractivity contribution is 7.47. The first kappa shape index (κ1) is 99.5. The monoisotopic (exact) mass is 1490 g/mol. The topological polar surface area (TPSA) is 237 Å². The second-order valence-electron chi connectivity index (χ2n) is 29.9. The van der Waals surface area contributed by atoms with Crippen molar-refractivity contribution in [3.05, 3.63) is 24.3 Å². The highest BCUT2D eigenvalue weighted by atomic mass is 31.2. The molecule has 0 aromatic rings. The zero-order valence-corrected chi connectivity index (χ0v) is 68.2. The van der Waals surface area contributed by atoms with E-state index in [1.165, 1.54) is 212 Å². The number of carbonyl (C=O) groups excluding carboxylic acids is 4. The average molecular weight is 1490 g/mol. The van der Waals surface area contributed by atoms with Crippen molar-refractivity contribution < 1.29 is 80.2 Å². The number of aliphatic hydroxyl groups excluding tert-OH is 1. The molecular formula is C83H158O17P2. The van der Waals surface area contributed by atoms with Crippen LogP contribution in [-0.2, 0) is 65.4 Å². The molecule has 17 nitrogen and oxygen atoms in total. The van der Waals surface area contributed by atoms with Gasteiger partial charge in [-0.2, -0.15) is 0 Å². The third-order valence-corrected chi connectivity index (χ3v) is 21.1. The van der Waals surface area contributed by atoms with Crippen LogP contribution in [-0.4, -0.2) is 96.7 Å². The maximum Gasteiger partial charge on any atom is 0.472 e. The summed E-state index contributed by atoms with van der Waals surface area (Å²) in [5.41, 5.74) is 0. The number of unbranched alkanes of at least 4 members (excludes halogenated alkanes) is 46. The lowest BCUT2D eigenvalue weighted by atomic mass is 10.00. The Labute approximate surface area is 624 Å². The Morgan fingerprint density at radius 3 is 0.882 bits per heavy atom. The van der Waals surface area contributed by atoms with Gasteiger partial charge in [-0.1, -0.05) is 361 Å². The molecule has 0 aliphatic heterocycles. The molecule has 0 radical (unpaired) electrons. The normalized spacial score (nSPS) is 14.3. The summed E-state index contributed by atoms with van der Waals surface area (Å²) in [5, 5.41) is 10.6. The van der Waals surface area contributed by atoms with Crippen LogP contribution in [0.1, 0.15) is 414 Å². The van der Waals surface area contributed by atoms with Crippen LogP contribution in [0.5, 0.6) is 0 Å². The Morgan fingerprint density at radius 1 is 0.324 bits per heavy atom. The van der Waals surface area contributed by atoms with Crippen molar-refractivity contribution in [3.63, 3.8) is 0 Å². The number of rotatable bonds is 80. The molecule has 0 spiro atoms. The molecule has 0 bridgehead atoms. The van der Waals surface area contributed by atoms with Crippen molar-refractivity contribution in [2.24, 2.45) is 11.8 Å². The Morgan fingerprint density at radius 2 is 0.578 bits per heavy atom. The van der Waals surface area contributed by atoms with Gasteiger partial charge in [0.15, 0.2) is 12.2 Å². The van der Waals surface area contributed by atoms with Crippen molar-refractivity contribution in [2.75, 3.05) is 39.6 Å². The fraction of sp³-hybridized carbons (Fsp3) is 0.904. The molecule has 0 aromatic heterocycles. The number of hydrogen-bond acceptors (Lipinski definition) is 15. The molecule has 102 heavy (non-hydrogen) atoms. The zero-order valence-electron chi connectivity index (χ0n) is 66.4. The van der Waals surface area contributed by atoms with Crippen LogP contribution >= 0.6 is 15.6 Å². The molecule has 0 saturated carbocycles. The summed E-state index contributed by atoms with van der Waals surface area (Å²) in [6.45, 7) is 9.57. The van der Waals surface area contributed by atoms with Crippen LogP contribution < -0.4 is 0 Å². The van der Waals surface area contributed by atoms with Gasteiger partial charge in [-0.15, -0.1) is 0 Å². The molecule has 0 heterocycles. The molecule has 0 amide bonds. The average Bonchev–Trinajstić information content (AvgIpc) is 0.964. The van der Waals surface area contributed by atoms with E-state index < -0.39 is 97.5 Å². The van der Waals surface area contributed by atoms with Crippen LogP contribution in [0.4, 0.5) is 0 Å². The lowest BCUT2D eigenvalue weighted by Crippen LogP contribution is -2.30.